The third kappa shape index (κ3) is 11.9. The molecule has 4 aliphatic carbocycles. The summed E-state index contributed by atoms with van der Waals surface area (Å²) in [5.41, 5.74) is 8.39. The number of hydrogen-bond donors (Lipinski definition) is 0. The summed E-state index contributed by atoms with van der Waals surface area (Å²) >= 11 is 0. The van der Waals surface area contributed by atoms with Crippen LogP contribution in [0.3, 0.4) is 0 Å². The number of fused-ring (bicyclic) bond motifs is 7. The molecule has 2 aromatic rings. The molecule has 8 aliphatic heterocycles. The lowest BCUT2D eigenvalue weighted by atomic mass is 9.93. The second kappa shape index (κ2) is 24.5. The molecule has 12 aliphatic rings. The quantitative estimate of drug-likeness (QED) is 0.0573. The van der Waals surface area contributed by atoms with Gasteiger partial charge < -0.3 is 56.8 Å². The van der Waals surface area contributed by atoms with E-state index in [2.05, 4.69) is 4.74 Å². The predicted octanol–water partition coefficient (Wildman–Crippen LogP) is 7.08. The van der Waals surface area contributed by atoms with Crippen molar-refractivity contribution in [1.29, 1.82) is 0 Å². The zero-order chi connectivity index (χ0) is 61.4. The number of benzene rings is 2. The zero-order valence-corrected chi connectivity index (χ0v) is 47.5. The molecule has 0 saturated carbocycles. The van der Waals surface area contributed by atoms with Gasteiger partial charge in [0.1, 0.15) is 24.6 Å². The van der Waals surface area contributed by atoms with Gasteiger partial charge in [0.2, 0.25) is 0 Å². The minimum absolute atomic E-state index is 0.0351. The molecule has 8 heterocycles. The molecule has 87 heavy (non-hydrogen) atoms. The van der Waals surface area contributed by atoms with Crippen molar-refractivity contribution in [3.05, 3.63) is 188 Å². The Morgan fingerprint density at radius 3 is 1.53 bits per heavy atom. The molecular formula is C64H57NO22. The highest BCUT2D eigenvalue weighted by Crippen LogP contribution is 2.50. The zero-order valence-electron chi connectivity index (χ0n) is 47.5. The molecule has 10 atom stereocenters. The van der Waals surface area contributed by atoms with Gasteiger partial charge >= 0.3 is 47.8 Å². The fourth-order valence-electron chi connectivity index (χ4n) is 11.6. The number of methoxy groups -OCH3 is 1. The Labute approximate surface area is 496 Å². The van der Waals surface area contributed by atoms with Crippen molar-refractivity contribution in [2.24, 2.45) is 17.8 Å². The van der Waals surface area contributed by atoms with Gasteiger partial charge in [0.25, 0.3) is 37.0 Å². The Morgan fingerprint density at radius 2 is 1.00 bits per heavy atom. The summed E-state index contributed by atoms with van der Waals surface area (Å²) in [6.07, 6.45) is 18.3. The molecule has 10 unspecified atom stereocenters. The van der Waals surface area contributed by atoms with Crippen molar-refractivity contribution in [3.8, 4) is 0 Å². The van der Waals surface area contributed by atoms with Gasteiger partial charge in [0.15, 0.2) is 5.70 Å². The molecule has 2 amide bonds. The van der Waals surface area contributed by atoms with Gasteiger partial charge in [0, 0.05) is 70.8 Å². The summed E-state index contributed by atoms with van der Waals surface area (Å²) in [7, 11) is 1.11. The molecule has 450 valence electrons. The minimum atomic E-state index is -1.05. The highest BCUT2D eigenvalue weighted by Gasteiger charge is 2.49. The topological polar surface area (TPSA) is 285 Å². The predicted molar refractivity (Wildman–Crippen MR) is 293 cm³/mol. The molecule has 23 heteroatoms. The molecule has 2 aromatic carbocycles. The summed E-state index contributed by atoms with van der Waals surface area (Å²) in [6.45, 7) is 6.53. The van der Waals surface area contributed by atoms with E-state index in [0.29, 0.717) is 43.9 Å². The summed E-state index contributed by atoms with van der Waals surface area (Å²) in [4.78, 5) is 118. The van der Waals surface area contributed by atoms with Crippen molar-refractivity contribution in [2.75, 3.05) is 7.11 Å². The number of carbonyl (C=O) groups excluding carboxylic acids is 10. The SMILES string of the molecule is CC1=CC(O/C=C2/C(=O)OC3C4=C(CCCC4)CC23)OC1=O.CC1=CC(O/C=C2/C(=O)OC3CC=CC23)OC1=O.CC1=CC(O/C=C2/C(=O)OC3c4ccccc4CC23)OC1=O.COC(=O)/C(=C/OC1C=C(C)C(=O)O1)N1C(=O)c2ccccc2C1=O. The van der Waals surface area contributed by atoms with Crippen LogP contribution in [0, 0.1) is 17.8 Å². The van der Waals surface area contributed by atoms with Crippen molar-refractivity contribution in [3.63, 3.8) is 0 Å². The Morgan fingerprint density at radius 1 is 0.529 bits per heavy atom. The van der Waals surface area contributed by atoms with E-state index >= 15 is 0 Å². The normalized spacial score (nSPS) is 29.6. The third-order valence-electron chi connectivity index (χ3n) is 16.1. The lowest BCUT2D eigenvalue weighted by Crippen LogP contribution is -2.34. The van der Waals surface area contributed by atoms with Crippen LogP contribution in [0.4, 0.5) is 0 Å². The Balaban J connectivity index is 0.000000121. The first-order valence-corrected chi connectivity index (χ1v) is 28.0. The van der Waals surface area contributed by atoms with Crippen molar-refractivity contribution in [1.82, 2.24) is 4.90 Å². The van der Waals surface area contributed by atoms with Crippen LogP contribution in [0.5, 0.6) is 0 Å². The number of esters is 8. The lowest BCUT2D eigenvalue weighted by Gasteiger charge is -2.17. The van der Waals surface area contributed by atoms with Crippen LogP contribution in [-0.4, -0.2) is 109 Å². The van der Waals surface area contributed by atoms with Crippen LogP contribution >= 0.6 is 0 Å². The summed E-state index contributed by atoms with van der Waals surface area (Å²) in [6, 6.07) is 14.1. The highest BCUT2D eigenvalue weighted by atomic mass is 16.7. The lowest BCUT2D eigenvalue weighted by molar-refractivity contribution is -0.153. The van der Waals surface area contributed by atoms with Gasteiger partial charge in [-0.15, -0.1) is 0 Å². The molecule has 0 radical (unpaired) electrons. The Hall–Kier alpha value is -10.1. The fraction of sp³-hybridized carbons (Fsp3) is 0.344. The van der Waals surface area contributed by atoms with Gasteiger partial charge in [-0.25, -0.2) is 43.3 Å². The first kappa shape index (κ1) is 58.7. The average Bonchev–Trinajstić information content (AvgIpc) is 1.96. The maximum absolute atomic E-state index is 12.5. The number of imide groups is 1. The van der Waals surface area contributed by atoms with Crippen LogP contribution < -0.4 is 0 Å². The Kier molecular flexibility index (Phi) is 16.5. The molecule has 0 bridgehead atoms. The highest BCUT2D eigenvalue weighted by molar-refractivity contribution is 6.24. The second-order valence-electron chi connectivity index (χ2n) is 21.7. The van der Waals surface area contributed by atoms with Gasteiger partial charge in [0.05, 0.1) is 53.7 Å². The summed E-state index contributed by atoms with van der Waals surface area (Å²) in [5.74, 6) is -5.07. The van der Waals surface area contributed by atoms with Crippen LogP contribution in [0.25, 0.3) is 0 Å². The maximum atomic E-state index is 12.5. The molecule has 0 spiro atoms. The van der Waals surface area contributed by atoms with E-state index in [1.807, 2.05) is 36.4 Å². The maximum Gasteiger partial charge on any atom is 0.358 e. The van der Waals surface area contributed by atoms with Gasteiger partial charge in [-0.05, 0) is 95.1 Å². The number of nitrogens with zero attached hydrogens (tertiary/aromatic N) is 1. The van der Waals surface area contributed by atoms with E-state index in [1.54, 1.807) is 58.1 Å². The monoisotopic (exact) mass is 1190 g/mol. The molecule has 0 aromatic heterocycles. The first-order valence-electron chi connectivity index (χ1n) is 28.0. The van der Waals surface area contributed by atoms with Gasteiger partial charge in [-0.1, -0.05) is 54.1 Å². The average molecular weight is 1190 g/mol. The number of ether oxygens (including phenoxy) is 12. The van der Waals surface area contributed by atoms with E-state index < -0.39 is 66.5 Å². The standard InChI is InChI=1S/C17H13NO7.C17H18O5.C17H14O5.C13H12O5/c1-9-7-13(25-16(9)21)24-8-12(17(22)23-2)18-14(19)10-5-3-4-6-11(10)15(18)20;2*1-9-6-14(21-16(9)18)20-8-13-12-7-10-4-2-3-5-11(10)15(12)22-17(13)19;1-7-5-11(18-12(7)14)16-6-9-8-3-2-4-10(8)17-13(9)15/h3-8,13H,1-2H3;6,8,12,14-15H,2-5,7H2,1H3;2-6,8,12,14-15H,7H2,1H3;2-3,5-6,8,10-11H,4H2,1H3/b12-8-;2*13-8+;9-6+. The first-order chi connectivity index (χ1) is 41.8. The second-order valence-corrected chi connectivity index (χ2v) is 21.7. The third-order valence-corrected chi connectivity index (χ3v) is 16.1. The molecule has 23 nitrogen and oxygen atoms in total. The molecule has 3 fully saturated rings. The minimum Gasteiger partial charge on any atom is -0.464 e. The van der Waals surface area contributed by atoms with Crippen LogP contribution in [0.1, 0.15) is 104 Å². The number of amides is 2. The van der Waals surface area contributed by atoms with E-state index in [4.69, 9.17) is 52.1 Å². The van der Waals surface area contributed by atoms with Crippen LogP contribution in [0.15, 0.2) is 166 Å². The molecular weight excluding hydrogens is 1130 g/mol. The number of rotatable bonds is 10. The number of carbonyl (C=O) groups is 10. The van der Waals surface area contributed by atoms with Crippen molar-refractivity contribution >= 4 is 59.6 Å². The number of allylic oxidation sites excluding steroid dienone is 1. The van der Waals surface area contributed by atoms with E-state index in [1.165, 1.54) is 66.5 Å². The van der Waals surface area contributed by atoms with E-state index in [9.17, 15) is 47.9 Å². The number of hydrogen-bond acceptors (Lipinski definition) is 22. The fourth-order valence-corrected chi connectivity index (χ4v) is 11.6. The smallest absolute Gasteiger partial charge is 0.358 e. The van der Waals surface area contributed by atoms with Crippen molar-refractivity contribution < 1.29 is 105 Å². The van der Waals surface area contributed by atoms with E-state index in [0.717, 1.165) is 51.0 Å². The molecule has 14 rings (SSSR count). The molecule has 0 N–H and O–H groups in total. The van der Waals surface area contributed by atoms with Crippen LogP contribution in [-0.2, 0) is 102 Å². The Bertz CT molecular complexity index is 3620. The van der Waals surface area contributed by atoms with Gasteiger partial charge in [-0.3, -0.25) is 9.59 Å². The van der Waals surface area contributed by atoms with Gasteiger partial charge in [-0.2, -0.15) is 0 Å². The number of cyclic esters (lactones) is 4. The van der Waals surface area contributed by atoms with Crippen LogP contribution in [0.2, 0.25) is 0 Å². The largest absolute Gasteiger partial charge is 0.464 e. The summed E-state index contributed by atoms with van der Waals surface area (Å²) < 4.78 is 62.0. The molecule has 3 saturated heterocycles. The summed E-state index contributed by atoms with van der Waals surface area (Å²) in [5, 5.41) is 0. The van der Waals surface area contributed by atoms with Crippen molar-refractivity contribution in [2.45, 2.75) is 116 Å². The van der Waals surface area contributed by atoms with E-state index in [-0.39, 0.29) is 71.1 Å².